The van der Waals surface area contributed by atoms with E-state index in [-0.39, 0.29) is 12.0 Å². The molecule has 1 atom stereocenters. The molecule has 168 valence electrons. The number of benzene rings is 2. The molecule has 0 N–H and O–H groups in total. The van der Waals surface area contributed by atoms with Gasteiger partial charge >= 0.3 is 5.97 Å². The fourth-order valence-electron chi connectivity index (χ4n) is 3.63. The summed E-state index contributed by atoms with van der Waals surface area (Å²) in [4.78, 5) is 19.1. The molecule has 1 aliphatic heterocycles. The summed E-state index contributed by atoms with van der Waals surface area (Å²) < 4.78 is 17.0. The highest BCUT2D eigenvalue weighted by atomic mass is 32.2. The number of hydrogen-bond acceptors (Lipinski definition) is 7. The molecule has 6 nitrogen and oxygen atoms in total. The third-order valence-corrected chi connectivity index (χ3v) is 6.42. The van der Waals surface area contributed by atoms with Gasteiger partial charge in [-0.25, -0.2) is 4.98 Å². The Kier molecular flexibility index (Phi) is 7.50. The first-order valence-corrected chi connectivity index (χ1v) is 12.0. The van der Waals surface area contributed by atoms with E-state index in [9.17, 15) is 4.79 Å². The molecule has 4 rings (SSSR count). The van der Waals surface area contributed by atoms with Gasteiger partial charge in [-0.15, -0.1) is 0 Å². The van der Waals surface area contributed by atoms with Crippen LogP contribution in [0.25, 0.3) is 11.5 Å². The van der Waals surface area contributed by atoms with Crippen LogP contribution < -0.4 is 4.74 Å². The number of oxazole rings is 1. The highest BCUT2D eigenvalue weighted by Gasteiger charge is 2.30. The van der Waals surface area contributed by atoms with Crippen LogP contribution in [0.2, 0.25) is 0 Å². The first-order chi connectivity index (χ1) is 15.6. The Morgan fingerprint density at radius 3 is 2.72 bits per heavy atom. The molecule has 0 aliphatic carbocycles. The first-order valence-electron chi connectivity index (χ1n) is 10.9. The second-order valence-electron chi connectivity index (χ2n) is 7.63. The Balaban J connectivity index is 1.35. The van der Waals surface area contributed by atoms with E-state index in [4.69, 9.17) is 13.9 Å². The zero-order chi connectivity index (χ0) is 22.3. The molecule has 3 aromatic rings. The molecule has 7 heteroatoms. The monoisotopic (exact) mass is 452 g/mol. The van der Waals surface area contributed by atoms with Crippen molar-refractivity contribution in [2.75, 3.05) is 24.7 Å². The predicted molar refractivity (Wildman–Crippen MR) is 126 cm³/mol. The number of nitrogens with zero attached hydrogens (tertiary/aromatic N) is 2. The zero-order valence-corrected chi connectivity index (χ0v) is 19.3. The van der Waals surface area contributed by atoms with Crippen LogP contribution in [0.4, 0.5) is 0 Å². The number of aromatic nitrogens is 1. The van der Waals surface area contributed by atoms with Gasteiger partial charge in [0.25, 0.3) is 0 Å². The van der Waals surface area contributed by atoms with Crippen LogP contribution in [0.5, 0.6) is 5.75 Å². The lowest BCUT2D eigenvalue weighted by molar-refractivity contribution is -0.148. The number of aryl methyl sites for hydroxylation is 1. The van der Waals surface area contributed by atoms with Crippen molar-refractivity contribution < 1.29 is 18.7 Å². The zero-order valence-electron chi connectivity index (χ0n) is 18.5. The van der Waals surface area contributed by atoms with Gasteiger partial charge in [0.05, 0.1) is 6.61 Å². The summed E-state index contributed by atoms with van der Waals surface area (Å²) in [5.74, 6) is 3.81. The average molecular weight is 453 g/mol. The Morgan fingerprint density at radius 2 is 1.97 bits per heavy atom. The Labute approximate surface area is 192 Å². The lowest BCUT2D eigenvalue weighted by Gasteiger charge is -2.33. The van der Waals surface area contributed by atoms with E-state index in [1.165, 1.54) is 0 Å². The molecule has 0 bridgehead atoms. The lowest BCUT2D eigenvalue weighted by Crippen LogP contribution is -2.47. The SMILES string of the molecule is CCOC(=O)C1CSCCN1Cc1ccc(OCc2nc(-c3ccccc3)oc2C)cc1. The van der Waals surface area contributed by atoms with Crippen LogP contribution in [-0.2, 0) is 22.7 Å². The van der Waals surface area contributed by atoms with Gasteiger partial charge in [0, 0.05) is 30.2 Å². The van der Waals surface area contributed by atoms with Crippen molar-refractivity contribution in [3.8, 4) is 17.2 Å². The highest BCUT2D eigenvalue weighted by molar-refractivity contribution is 7.99. The minimum Gasteiger partial charge on any atom is -0.487 e. The van der Waals surface area contributed by atoms with Crippen molar-refractivity contribution in [1.29, 1.82) is 0 Å². The number of carbonyl (C=O) groups is 1. The topological polar surface area (TPSA) is 64.8 Å². The molecule has 1 unspecified atom stereocenters. The molecule has 1 aliphatic rings. The van der Waals surface area contributed by atoms with Gasteiger partial charge in [-0.2, -0.15) is 11.8 Å². The molecular formula is C25H28N2O4S. The molecule has 2 heterocycles. The van der Waals surface area contributed by atoms with E-state index >= 15 is 0 Å². The molecule has 1 fully saturated rings. The van der Waals surface area contributed by atoms with Gasteiger partial charge in [0.1, 0.15) is 29.9 Å². The number of carbonyl (C=O) groups excluding carboxylic acids is 1. The number of rotatable bonds is 8. The van der Waals surface area contributed by atoms with Gasteiger partial charge in [0.15, 0.2) is 0 Å². The van der Waals surface area contributed by atoms with Crippen molar-refractivity contribution in [1.82, 2.24) is 9.88 Å². The van der Waals surface area contributed by atoms with E-state index in [1.54, 1.807) is 11.8 Å². The molecule has 1 saturated heterocycles. The highest BCUT2D eigenvalue weighted by Crippen LogP contribution is 2.24. The van der Waals surface area contributed by atoms with Gasteiger partial charge in [0.2, 0.25) is 5.89 Å². The van der Waals surface area contributed by atoms with E-state index in [0.717, 1.165) is 46.4 Å². The molecule has 1 aromatic heterocycles. The van der Waals surface area contributed by atoms with E-state index in [0.29, 0.717) is 25.6 Å². The lowest BCUT2D eigenvalue weighted by atomic mass is 10.1. The van der Waals surface area contributed by atoms with Crippen molar-refractivity contribution in [2.24, 2.45) is 0 Å². The second kappa shape index (κ2) is 10.7. The molecule has 2 aromatic carbocycles. The number of esters is 1. The Morgan fingerprint density at radius 1 is 1.19 bits per heavy atom. The van der Waals surface area contributed by atoms with Crippen LogP contribution in [0.3, 0.4) is 0 Å². The third kappa shape index (κ3) is 5.53. The number of thioether (sulfide) groups is 1. The standard InChI is InChI=1S/C25H28N2O4S/c1-3-29-25(28)23-17-32-14-13-27(23)15-19-9-11-21(12-10-19)30-16-22-18(2)31-24(26-22)20-7-5-4-6-8-20/h4-12,23H,3,13-17H2,1-2H3. The van der Waals surface area contributed by atoms with Crippen LogP contribution in [-0.4, -0.2) is 46.6 Å². The van der Waals surface area contributed by atoms with Crippen molar-refractivity contribution >= 4 is 17.7 Å². The molecule has 32 heavy (non-hydrogen) atoms. The smallest absolute Gasteiger partial charge is 0.324 e. The molecular weight excluding hydrogens is 424 g/mol. The van der Waals surface area contributed by atoms with Crippen LogP contribution in [0.15, 0.2) is 59.0 Å². The molecule has 0 radical (unpaired) electrons. The third-order valence-electron chi connectivity index (χ3n) is 5.40. The van der Waals surface area contributed by atoms with Crippen LogP contribution >= 0.6 is 11.8 Å². The van der Waals surface area contributed by atoms with Gasteiger partial charge < -0.3 is 13.9 Å². The van der Waals surface area contributed by atoms with E-state index < -0.39 is 0 Å². The fraction of sp³-hybridized carbons (Fsp3) is 0.360. The number of hydrogen-bond donors (Lipinski definition) is 0. The summed E-state index contributed by atoms with van der Waals surface area (Å²) in [6.07, 6.45) is 0. The second-order valence-corrected chi connectivity index (χ2v) is 8.78. The minimum atomic E-state index is -0.182. The average Bonchev–Trinajstić information content (AvgIpc) is 3.20. The summed E-state index contributed by atoms with van der Waals surface area (Å²) in [6, 6.07) is 17.7. The van der Waals surface area contributed by atoms with Crippen LogP contribution in [0.1, 0.15) is 23.9 Å². The van der Waals surface area contributed by atoms with Crippen molar-refractivity contribution in [2.45, 2.75) is 33.0 Å². The fourth-order valence-corrected chi connectivity index (χ4v) is 4.73. The molecule has 0 spiro atoms. The summed E-state index contributed by atoms with van der Waals surface area (Å²) in [5, 5.41) is 0. The predicted octanol–water partition coefficient (Wildman–Crippen LogP) is 4.71. The molecule has 0 saturated carbocycles. The largest absolute Gasteiger partial charge is 0.487 e. The maximum atomic E-state index is 12.3. The van der Waals surface area contributed by atoms with Gasteiger partial charge in [-0.1, -0.05) is 30.3 Å². The number of ether oxygens (including phenoxy) is 2. The Hall–Kier alpha value is -2.77. The maximum absolute atomic E-state index is 12.3. The first kappa shape index (κ1) is 22.4. The summed E-state index contributed by atoms with van der Waals surface area (Å²) >= 11 is 1.80. The maximum Gasteiger partial charge on any atom is 0.324 e. The van der Waals surface area contributed by atoms with Crippen molar-refractivity contribution in [3.63, 3.8) is 0 Å². The molecule has 0 amide bonds. The summed E-state index contributed by atoms with van der Waals surface area (Å²) in [6.45, 7) is 6.10. The summed E-state index contributed by atoms with van der Waals surface area (Å²) in [5.41, 5.74) is 2.88. The van der Waals surface area contributed by atoms with Gasteiger partial charge in [-0.05, 0) is 43.7 Å². The van der Waals surface area contributed by atoms with Crippen LogP contribution in [0, 0.1) is 6.92 Å². The normalized spacial score (nSPS) is 16.6. The summed E-state index contributed by atoms with van der Waals surface area (Å²) in [7, 11) is 0. The van der Waals surface area contributed by atoms with E-state index in [2.05, 4.69) is 9.88 Å². The van der Waals surface area contributed by atoms with Crippen molar-refractivity contribution in [3.05, 3.63) is 71.6 Å². The quantitative estimate of drug-likeness (QED) is 0.459. The Bertz CT molecular complexity index is 1020. The van der Waals surface area contributed by atoms with Gasteiger partial charge in [-0.3, -0.25) is 9.69 Å². The minimum absolute atomic E-state index is 0.127. The van der Waals surface area contributed by atoms with E-state index in [1.807, 2.05) is 68.4 Å².